The molecule has 0 radical (unpaired) electrons. The van der Waals surface area contributed by atoms with Crippen molar-refractivity contribution in [2.45, 2.75) is 19.1 Å². The quantitative estimate of drug-likeness (QED) is 0.744. The molecule has 2 aromatic carbocycles. The molecule has 2 amide bonds. The van der Waals surface area contributed by atoms with Gasteiger partial charge in [-0.25, -0.2) is 13.6 Å². The summed E-state index contributed by atoms with van der Waals surface area (Å²) in [6, 6.07) is 16.5. The van der Waals surface area contributed by atoms with Crippen molar-refractivity contribution in [3.8, 4) is 0 Å². The van der Waals surface area contributed by atoms with Crippen molar-refractivity contribution < 1.29 is 13.6 Å². The molecule has 138 valence electrons. The third-order valence-corrected chi connectivity index (χ3v) is 4.85. The Labute approximate surface area is 156 Å². The molecule has 0 aliphatic carbocycles. The number of rotatable bonds is 3. The van der Waals surface area contributed by atoms with Crippen LogP contribution in [0.5, 0.6) is 0 Å². The van der Waals surface area contributed by atoms with Gasteiger partial charge < -0.3 is 14.8 Å². The minimum Gasteiger partial charge on any atom is -0.348 e. The van der Waals surface area contributed by atoms with Gasteiger partial charge >= 0.3 is 6.03 Å². The van der Waals surface area contributed by atoms with Gasteiger partial charge in [0.15, 0.2) is 11.6 Å². The van der Waals surface area contributed by atoms with E-state index in [1.807, 2.05) is 53.2 Å². The van der Waals surface area contributed by atoms with Gasteiger partial charge in [0.25, 0.3) is 0 Å². The van der Waals surface area contributed by atoms with Crippen molar-refractivity contribution in [2.24, 2.45) is 0 Å². The van der Waals surface area contributed by atoms with Crippen molar-refractivity contribution in [1.29, 1.82) is 0 Å². The third-order valence-electron chi connectivity index (χ3n) is 4.85. The van der Waals surface area contributed by atoms with Gasteiger partial charge in [0, 0.05) is 31.5 Å². The van der Waals surface area contributed by atoms with Gasteiger partial charge in [-0.2, -0.15) is 0 Å². The SMILES string of the molecule is O=C(NCc1ccccc1)N1CCn2cccc2[C@H]1c1ccc(F)c(F)c1. The monoisotopic (exact) mass is 367 g/mol. The summed E-state index contributed by atoms with van der Waals surface area (Å²) in [5.41, 5.74) is 2.42. The molecule has 1 atom stereocenters. The maximum atomic E-state index is 13.8. The number of nitrogens with zero attached hydrogens (tertiary/aromatic N) is 2. The van der Waals surface area contributed by atoms with Gasteiger partial charge in [-0.05, 0) is 35.4 Å². The van der Waals surface area contributed by atoms with E-state index in [9.17, 15) is 13.6 Å². The number of halogens is 2. The summed E-state index contributed by atoms with van der Waals surface area (Å²) in [6.45, 7) is 1.54. The third kappa shape index (κ3) is 3.43. The van der Waals surface area contributed by atoms with Crippen LogP contribution in [0.25, 0.3) is 0 Å². The van der Waals surface area contributed by atoms with Crippen molar-refractivity contribution in [1.82, 2.24) is 14.8 Å². The molecule has 4 rings (SSSR count). The van der Waals surface area contributed by atoms with E-state index in [4.69, 9.17) is 0 Å². The highest BCUT2D eigenvalue weighted by atomic mass is 19.2. The molecular formula is C21H19F2N3O. The van der Waals surface area contributed by atoms with Gasteiger partial charge in [0.05, 0.1) is 6.04 Å². The lowest BCUT2D eigenvalue weighted by molar-refractivity contribution is 0.168. The van der Waals surface area contributed by atoms with Crippen LogP contribution in [0.15, 0.2) is 66.9 Å². The lowest BCUT2D eigenvalue weighted by Gasteiger charge is -2.37. The summed E-state index contributed by atoms with van der Waals surface area (Å²) < 4.78 is 29.3. The molecular weight excluding hydrogens is 348 g/mol. The van der Waals surface area contributed by atoms with Crippen LogP contribution >= 0.6 is 0 Å². The van der Waals surface area contributed by atoms with Crippen molar-refractivity contribution in [3.05, 3.63) is 95.3 Å². The largest absolute Gasteiger partial charge is 0.348 e. The number of urea groups is 1. The second-order valence-electron chi connectivity index (χ2n) is 6.54. The Balaban J connectivity index is 1.62. The number of nitrogens with one attached hydrogen (secondary N) is 1. The van der Waals surface area contributed by atoms with E-state index in [1.54, 1.807) is 4.90 Å². The fourth-order valence-corrected chi connectivity index (χ4v) is 3.51. The summed E-state index contributed by atoms with van der Waals surface area (Å²) in [6.07, 6.45) is 1.93. The zero-order valence-electron chi connectivity index (χ0n) is 14.6. The molecule has 0 saturated carbocycles. The van der Waals surface area contributed by atoms with E-state index in [0.29, 0.717) is 25.2 Å². The molecule has 2 heterocycles. The predicted octanol–water partition coefficient (Wildman–Crippen LogP) is 4.08. The first-order valence-corrected chi connectivity index (χ1v) is 8.82. The Morgan fingerprint density at radius 2 is 1.81 bits per heavy atom. The van der Waals surface area contributed by atoms with Gasteiger partial charge in [-0.15, -0.1) is 0 Å². The van der Waals surface area contributed by atoms with Crippen LogP contribution in [0.2, 0.25) is 0 Å². The van der Waals surface area contributed by atoms with Gasteiger partial charge in [0.2, 0.25) is 0 Å². The lowest BCUT2D eigenvalue weighted by Crippen LogP contribution is -2.47. The first kappa shape index (κ1) is 17.3. The second kappa shape index (κ2) is 7.23. The van der Waals surface area contributed by atoms with Crippen molar-refractivity contribution in [3.63, 3.8) is 0 Å². The molecule has 1 aromatic heterocycles. The summed E-state index contributed by atoms with van der Waals surface area (Å²) in [5, 5.41) is 2.93. The average molecular weight is 367 g/mol. The van der Waals surface area contributed by atoms with Gasteiger partial charge in [0.1, 0.15) is 0 Å². The van der Waals surface area contributed by atoms with E-state index in [2.05, 4.69) is 5.32 Å². The molecule has 27 heavy (non-hydrogen) atoms. The molecule has 0 bridgehead atoms. The predicted molar refractivity (Wildman–Crippen MR) is 98.0 cm³/mol. The minimum absolute atomic E-state index is 0.235. The number of benzene rings is 2. The van der Waals surface area contributed by atoms with Crippen LogP contribution in [0.1, 0.15) is 22.9 Å². The zero-order valence-corrected chi connectivity index (χ0v) is 14.6. The standard InChI is InChI=1S/C21H19F2N3O/c22-17-9-8-16(13-18(17)23)20-19-7-4-10-25(19)11-12-26(20)21(27)24-14-15-5-2-1-3-6-15/h1-10,13,20H,11-12,14H2,(H,24,27)/t20-/m1/s1. The summed E-state index contributed by atoms with van der Waals surface area (Å²) >= 11 is 0. The first-order valence-electron chi connectivity index (χ1n) is 8.82. The van der Waals surface area contributed by atoms with E-state index in [1.165, 1.54) is 12.1 Å². The molecule has 1 N–H and O–H groups in total. The van der Waals surface area contributed by atoms with Crippen LogP contribution in [-0.4, -0.2) is 22.0 Å². The fraction of sp³-hybridized carbons (Fsp3) is 0.190. The topological polar surface area (TPSA) is 37.3 Å². The van der Waals surface area contributed by atoms with Crippen molar-refractivity contribution >= 4 is 6.03 Å². The smallest absolute Gasteiger partial charge is 0.318 e. The Bertz CT molecular complexity index is 955. The lowest BCUT2D eigenvalue weighted by atomic mass is 10.00. The molecule has 1 aliphatic heterocycles. The number of aromatic nitrogens is 1. The zero-order chi connectivity index (χ0) is 18.8. The molecule has 1 aliphatic rings. The van der Waals surface area contributed by atoms with Crippen molar-refractivity contribution in [2.75, 3.05) is 6.54 Å². The number of hydrogen-bond acceptors (Lipinski definition) is 1. The van der Waals surface area contributed by atoms with E-state index in [0.717, 1.165) is 17.3 Å². The van der Waals surface area contributed by atoms with E-state index in [-0.39, 0.29) is 6.03 Å². The highest BCUT2D eigenvalue weighted by molar-refractivity contribution is 5.75. The Hall–Kier alpha value is -3.15. The van der Waals surface area contributed by atoms with E-state index >= 15 is 0 Å². The second-order valence-corrected chi connectivity index (χ2v) is 6.54. The van der Waals surface area contributed by atoms with Crippen LogP contribution in [0.4, 0.5) is 13.6 Å². The fourth-order valence-electron chi connectivity index (χ4n) is 3.51. The minimum atomic E-state index is -0.916. The number of carbonyl (C=O) groups is 1. The molecule has 3 aromatic rings. The molecule has 4 nitrogen and oxygen atoms in total. The average Bonchev–Trinajstić information content (AvgIpc) is 3.17. The maximum Gasteiger partial charge on any atom is 0.318 e. The van der Waals surface area contributed by atoms with E-state index < -0.39 is 17.7 Å². The molecule has 0 unspecified atom stereocenters. The number of fused-ring (bicyclic) bond motifs is 1. The van der Waals surface area contributed by atoms with Gasteiger partial charge in [-0.3, -0.25) is 0 Å². The number of amides is 2. The molecule has 0 saturated heterocycles. The Morgan fingerprint density at radius 1 is 1.00 bits per heavy atom. The highest BCUT2D eigenvalue weighted by Crippen LogP contribution is 2.33. The van der Waals surface area contributed by atoms with Crippen LogP contribution < -0.4 is 5.32 Å². The molecule has 0 spiro atoms. The summed E-state index contributed by atoms with van der Waals surface area (Å²) in [5.74, 6) is -1.81. The Morgan fingerprint density at radius 3 is 2.59 bits per heavy atom. The van der Waals surface area contributed by atoms with Gasteiger partial charge in [-0.1, -0.05) is 36.4 Å². The normalized spacial score (nSPS) is 16.1. The first-order chi connectivity index (χ1) is 13.1. The molecule has 0 fully saturated rings. The number of carbonyl (C=O) groups excluding carboxylic acids is 1. The Kier molecular flexibility index (Phi) is 4.62. The highest BCUT2D eigenvalue weighted by Gasteiger charge is 2.32. The summed E-state index contributed by atoms with van der Waals surface area (Å²) in [7, 11) is 0. The van der Waals surface area contributed by atoms with Crippen LogP contribution in [0.3, 0.4) is 0 Å². The number of hydrogen-bond donors (Lipinski definition) is 1. The maximum absolute atomic E-state index is 13.8. The van der Waals surface area contributed by atoms with Crippen LogP contribution in [0, 0.1) is 11.6 Å². The molecule has 6 heteroatoms. The van der Waals surface area contributed by atoms with Crippen LogP contribution in [-0.2, 0) is 13.1 Å². The summed E-state index contributed by atoms with van der Waals surface area (Å²) in [4.78, 5) is 14.5.